The number of unbranched alkanes of at least 4 members (excludes halogenated alkanes) is 1. The summed E-state index contributed by atoms with van der Waals surface area (Å²) in [5, 5.41) is 0. The largest absolute Gasteiger partial charge is 0.380 e. The highest BCUT2D eigenvalue weighted by Gasteiger charge is 2.19. The van der Waals surface area contributed by atoms with Crippen LogP contribution in [0.25, 0.3) is 0 Å². The van der Waals surface area contributed by atoms with E-state index in [2.05, 4.69) is 4.72 Å². The molecule has 1 atom stereocenters. The third kappa shape index (κ3) is 5.70. The predicted octanol–water partition coefficient (Wildman–Crippen LogP) is 1.10. The molecule has 0 bridgehead atoms. The summed E-state index contributed by atoms with van der Waals surface area (Å²) in [6, 6.07) is -0.0419. The highest BCUT2D eigenvalue weighted by Crippen LogP contribution is 2.07. The van der Waals surface area contributed by atoms with Gasteiger partial charge < -0.3 is 4.74 Å². The lowest BCUT2D eigenvalue weighted by atomic mass is 10.1. The first-order valence-electron chi connectivity index (χ1n) is 5.28. The van der Waals surface area contributed by atoms with Gasteiger partial charge in [-0.05, 0) is 25.7 Å². The van der Waals surface area contributed by atoms with Gasteiger partial charge in [0.05, 0.1) is 12.4 Å². The van der Waals surface area contributed by atoms with E-state index in [1.807, 2.05) is 0 Å². The van der Waals surface area contributed by atoms with Gasteiger partial charge in [-0.3, -0.25) is 0 Å². The van der Waals surface area contributed by atoms with Crippen LogP contribution in [0.4, 0.5) is 0 Å². The Balaban J connectivity index is 2.27. The van der Waals surface area contributed by atoms with E-state index in [1.54, 1.807) is 0 Å². The molecule has 0 aliphatic carbocycles. The topological polar surface area (TPSA) is 55.4 Å². The van der Waals surface area contributed by atoms with Crippen LogP contribution < -0.4 is 4.72 Å². The standard InChI is InChI=1S/C9H18ClNO3S/c10-5-1-2-7-15(12,13)11-9-4-3-6-14-8-9/h9,11H,1-8H2. The Labute approximate surface area is 96.4 Å². The Morgan fingerprint density at radius 1 is 1.40 bits per heavy atom. The molecule has 0 spiro atoms. The maximum absolute atomic E-state index is 11.6. The molecule has 6 heteroatoms. The number of hydrogen-bond acceptors (Lipinski definition) is 3. The smallest absolute Gasteiger partial charge is 0.211 e. The van der Waals surface area contributed by atoms with Crippen molar-refractivity contribution in [3.63, 3.8) is 0 Å². The number of sulfonamides is 1. The molecule has 0 aromatic carbocycles. The first kappa shape index (κ1) is 13.2. The van der Waals surface area contributed by atoms with E-state index in [0.29, 0.717) is 18.9 Å². The van der Waals surface area contributed by atoms with Crippen molar-refractivity contribution in [2.45, 2.75) is 31.7 Å². The van der Waals surface area contributed by atoms with Gasteiger partial charge in [-0.25, -0.2) is 13.1 Å². The van der Waals surface area contributed by atoms with Crippen LogP contribution in [0, 0.1) is 0 Å². The Hall–Kier alpha value is 0.160. The van der Waals surface area contributed by atoms with Gasteiger partial charge in [0.2, 0.25) is 10.0 Å². The lowest BCUT2D eigenvalue weighted by molar-refractivity contribution is 0.0774. The third-order valence-corrected chi connectivity index (χ3v) is 4.09. The molecule has 4 nitrogen and oxygen atoms in total. The molecule has 0 aromatic heterocycles. The summed E-state index contributed by atoms with van der Waals surface area (Å²) in [6.45, 7) is 1.24. The Kier molecular flexibility index (Phi) is 5.89. The fourth-order valence-corrected chi connectivity index (χ4v) is 3.12. The minimum Gasteiger partial charge on any atom is -0.380 e. The molecular formula is C9H18ClNO3S. The molecule has 1 aliphatic heterocycles. The lowest BCUT2D eigenvalue weighted by Gasteiger charge is -2.22. The monoisotopic (exact) mass is 255 g/mol. The molecule has 1 fully saturated rings. The third-order valence-electron chi connectivity index (χ3n) is 2.30. The second kappa shape index (κ2) is 6.68. The van der Waals surface area contributed by atoms with Crippen molar-refractivity contribution in [2.75, 3.05) is 24.8 Å². The minimum absolute atomic E-state index is 0.0419. The van der Waals surface area contributed by atoms with Crippen molar-refractivity contribution in [3.8, 4) is 0 Å². The average Bonchev–Trinajstić information content (AvgIpc) is 2.18. The van der Waals surface area contributed by atoms with Gasteiger partial charge >= 0.3 is 0 Å². The molecule has 0 radical (unpaired) electrons. The van der Waals surface area contributed by atoms with Gasteiger partial charge in [0.25, 0.3) is 0 Å². The molecule has 0 saturated carbocycles. The number of nitrogens with one attached hydrogen (secondary N) is 1. The Morgan fingerprint density at radius 3 is 2.80 bits per heavy atom. The SMILES string of the molecule is O=S(=O)(CCCCCl)NC1CCCOC1. The highest BCUT2D eigenvalue weighted by molar-refractivity contribution is 7.89. The summed E-state index contributed by atoms with van der Waals surface area (Å²) in [4.78, 5) is 0. The number of halogens is 1. The quantitative estimate of drug-likeness (QED) is 0.571. The molecule has 1 unspecified atom stereocenters. The van der Waals surface area contributed by atoms with Crippen LogP contribution in [0.15, 0.2) is 0 Å². The van der Waals surface area contributed by atoms with Crippen molar-refractivity contribution in [2.24, 2.45) is 0 Å². The Morgan fingerprint density at radius 2 is 2.20 bits per heavy atom. The van der Waals surface area contributed by atoms with Crippen LogP contribution in [-0.4, -0.2) is 39.3 Å². The van der Waals surface area contributed by atoms with Crippen LogP contribution in [0.2, 0.25) is 0 Å². The average molecular weight is 256 g/mol. The predicted molar refractivity (Wildman–Crippen MR) is 60.7 cm³/mol. The number of rotatable bonds is 6. The van der Waals surface area contributed by atoms with Crippen LogP contribution in [-0.2, 0) is 14.8 Å². The van der Waals surface area contributed by atoms with Crippen molar-refractivity contribution in [1.82, 2.24) is 4.72 Å². The number of alkyl halides is 1. The van der Waals surface area contributed by atoms with Crippen LogP contribution in [0.5, 0.6) is 0 Å². The number of ether oxygens (including phenoxy) is 1. The van der Waals surface area contributed by atoms with Gasteiger partial charge in [0, 0.05) is 18.5 Å². The van der Waals surface area contributed by atoms with Crippen molar-refractivity contribution >= 4 is 21.6 Å². The summed E-state index contributed by atoms with van der Waals surface area (Å²) < 4.78 is 31.0. The summed E-state index contributed by atoms with van der Waals surface area (Å²) in [7, 11) is -3.14. The van der Waals surface area contributed by atoms with E-state index in [-0.39, 0.29) is 11.8 Å². The fourth-order valence-electron chi connectivity index (χ4n) is 1.53. The molecule has 1 aliphatic rings. The normalized spacial score (nSPS) is 22.9. The molecule has 0 amide bonds. The van der Waals surface area contributed by atoms with Gasteiger partial charge in [0.1, 0.15) is 0 Å². The van der Waals surface area contributed by atoms with E-state index in [0.717, 1.165) is 25.9 Å². The summed E-state index contributed by atoms with van der Waals surface area (Å²) >= 11 is 5.49. The first-order chi connectivity index (χ1) is 7.14. The Bertz CT molecular complexity index is 263. The molecule has 1 rings (SSSR count). The van der Waals surface area contributed by atoms with E-state index in [9.17, 15) is 8.42 Å². The fraction of sp³-hybridized carbons (Fsp3) is 1.00. The molecule has 1 heterocycles. The van der Waals surface area contributed by atoms with Crippen LogP contribution in [0.3, 0.4) is 0 Å². The molecule has 1 saturated heterocycles. The maximum Gasteiger partial charge on any atom is 0.211 e. The van der Waals surface area contributed by atoms with E-state index < -0.39 is 10.0 Å². The van der Waals surface area contributed by atoms with E-state index in [1.165, 1.54) is 0 Å². The summed E-state index contributed by atoms with van der Waals surface area (Å²) in [5.74, 6) is 0.679. The van der Waals surface area contributed by atoms with Gasteiger partial charge in [0.15, 0.2) is 0 Å². The number of hydrogen-bond donors (Lipinski definition) is 1. The van der Waals surface area contributed by atoms with E-state index >= 15 is 0 Å². The highest BCUT2D eigenvalue weighted by atomic mass is 35.5. The second-order valence-corrected chi connectivity index (χ2v) is 6.00. The van der Waals surface area contributed by atoms with E-state index in [4.69, 9.17) is 16.3 Å². The van der Waals surface area contributed by atoms with Gasteiger partial charge in [-0.1, -0.05) is 0 Å². The first-order valence-corrected chi connectivity index (χ1v) is 7.46. The maximum atomic E-state index is 11.6. The lowest BCUT2D eigenvalue weighted by Crippen LogP contribution is -2.41. The van der Waals surface area contributed by atoms with Gasteiger partial charge in [-0.2, -0.15) is 0 Å². The van der Waals surface area contributed by atoms with Gasteiger partial charge in [-0.15, -0.1) is 11.6 Å². The zero-order valence-corrected chi connectivity index (χ0v) is 10.3. The summed E-state index contributed by atoms with van der Waals surface area (Å²) in [5.41, 5.74) is 0. The molecule has 0 aromatic rings. The van der Waals surface area contributed by atoms with Crippen molar-refractivity contribution in [1.29, 1.82) is 0 Å². The minimum atomic E-state index is -3.14. The van der Waals surface area contributed by atoms with Crippen LogP contribution >= 0.6 is 11.6 Å². The van der Waals surface area contributed by atoms with Crippen molar-refractivity contribution in [3.05, 3.63) is 0 Å². The summed E-state index contributed by atoms with van der Waals surface area (Å²) in [6.07, 6.45) is 3.15. The molecule has 1 N–H and O–H groups in total. The van der Waals surface area contributed by atoms with Crippen LogP contribution in [0.1, 0.15) is 25.7 Å². The molecule has 15 heavy (non-hydrogen) atoms. The zero-order valence-electron chi connectivity index (χ0n) is 8.75. The molecular weight excluding hydrogens is 238 g/mol. The second-order valence-electron chi connectivity index (χ2n) is 3.75. The molecule has 90 valence electrons. The van der Waals surface area contributed by atoms with Crippen molar-refractivity contribution < 1.29 is 13.2 Å². The zero-order chi connectivity index (χ0) is 11.1.